The Balaban J connectivity index is 1.29. The summed E-state index contributed by atoms with van der Waals surface area (Å²) in [5.74, 6) is 0.531. The highest BCUT2D eigenvalue weighted by Crippen LogP contribution is 2.28. The van der Waals surface area contributed by atoms with Crippen LogP contribution in [0.25, 0.3) is 10.6 Å². The molecule has 1 atom stereocenters. The molecule has 1 N–H and O–H groups in total. The lowest BCUT2D eigenvalue weighted by Gasteiger charge is -2.37. The number of carbonyl (C=O) groups is 1. The summed E-state index contributed by atoms with van der Waals surface area (Å²) in [5.41, 5.74) is 2.85. The zero-order chi connectivity index (χ0) is 22.5. The van der Waals surface area contributed by atoms with E-state index in [-0.39, 0.29) is 11.9 Å². The van der Waals surface area contributed by atoms with Crippen LogP contribution in [0.4, 0.5) is 5.69 Å². The molecule has 168 valence electrons. The second kappa shape index (κ2) is 10.4. The molecule has 0 spiro atoms. The average Bonchev–Trinajstić information content (AvgIpc) is 3.28. The molecule has 1 unspecified atom stereocenters. The molecule has 1 aliphatic rings. The van der Waals surface area contributed by atoms with Crippen molar-refractivity contribution in [3.8, 4) is 16.3 Å². The first-order chi connectivity index (χ1) is 15.5. The molecule has 0 saturated carbocycles. The lowest BCUT2D eigenvalue weighted by Crippen LogP contribution is -2.52. The minimum absolute atomic E-state index is 0.0639. The fourth-order valence-electron chi connectivity index (χ4n) is 3.81. The number of amides is 1. The quantitative estimate of drug-likeness (QED) is 0.546. The molecule has 4 rings (SSSR count). The number of anilines is 1. The third kappa shape index (κ3) is 5.48. The Hall–Kier alpha value is -2.45. The van der Waals surface area contributed by atoms with Crippen molar-refractivity contribution in [1.82, 2.24) is 14.8 Å². The maximum absolute atomic E-state index is 12.8. The molecule has 1 amide bonds. The van der Waals surface area contributed by atoms with Crippen molar-refractivity contribution in [2.24, 2.45) is 0 Å². The van der Waals surface area contributed by atoms with Gasteiger partial charge in [0.2, 0.25) is 5.91 Å². The fraction of sp³-hybridized carbons (Fsp3) is 0.333. The lowest BCUT2D eigenvalue weighted by atomic mass is 10.2. The van der Waals surface area contributed by atoms with E-state index in [9.17, 15) is 4.79 Å². The summed E-state index contributed by atoms with van der Waals surface area (Å²) in [6.45, 7) is 6.23. The highest BCUT2D eigenvalue weighted by atomic mass is 35.5. The van der Waals surface area contributed by atoms with Crippen molar-refractivity contribution in [3.05, 3.63) is 64.6 Å². The van der Waals surface area contributed by atoms with E-state index in [0.717, 1.165) is 49.0 Å². The summed E-state index contributed by atoms with van der Waals surface area (Å²) in [6.07, 6.45) is 0. The topological polar surface area (TPSA) is 57.7 Å². The van der Waals surface area contributed by atoms with Crippen molar-refractivity contribution < 1.29 is 9.53 Å². The van der Waals surface area contributed by atoms with Gasteiger partial charge in [0.1, 0.15) is 10.8 Å². The van der Waals surface area contributed by atoms with Gasteiger partial charge in [0.15, 0.2) is 0 Å². The van der Waals surface area contributed by atoms with Crippen LogP contribution in [0.5, 0.6) is 5.75 Å². The van der Waals surface area contributed by atoms with Crippen molar-refractivity contribution >= 4 is 34.5 Å². The van der Waals surface area contributed by atoms with E-state index < -0.39 is 0 Å². The second-order valence-corrected chi connectivity index (χ2v) is 9.13. The number of halogens is 1. The number of carbonyl (C=O) groups excluding carboxylic acids is 1. The number of benzene rings is 2. The number of nitrogens with zero attached hydrogens (tertiary/aromatic N) is 3. The number of hydrogen-bond acceptors (Lipinski definition) is 6. The van der Waals surface area contributed by atoms with E-state index >= 15 is 0 Å². The SMILES string of the molecule is COc1ccc(Cl)cc1NC(=O)C(C)N1CCN(Cc2csc(-c3ccccc3)n2)CC1. The van der Waals surface area contributed by atoms with Crippen LogP contribution in [-0.4, -0.2) is 60.0 Å². The minimum atomic E-state index is -0.246. The van der Waals surface area contributed by atoms with E-state index in [1.54, 1.807) is 36.6 Å². The summed E-state index contributed by atoms with van der Waals surface area (Å²) in [7, 11) is 1.58. The molecular weight excluding hydrogens is 444 g/mol. The van der Waals surface area contributed by atoms with Gasteiger partial charge in [-0.15, -0.1) is 11.3 Å². The van der Waals surface area contributed by atoms with Crippen molar-refractivity contribution in [2.75, 3.05) is 38.6 Å². The summed E-state index contributed by atoms with van der Waals surface area (Å²) in [5, 5.41) is 6.71. The van der Waals surface area contributed by atoms with Gasteiger partial charge in [0.05, 0.1) is 24.5 Å². The third-order valence-corrected chi connectivity index (χ3v) is 6.89. The standard InChI is InChI=1S/C24H27ClN4O2S/c1-17(23(30)27-21-14-19(25)8-9-22(21)31-2)29-12-10-28(11-13-29)15-20-16-32-24(26-20)18-6-4-3-5-7-18/h3-9,14,16-17H,10-13,15H2,1-2H3,(H,27,30). The van der Waals surface area contributed by atoms with Gasteiger partial charge in [-0.2, -0.15) is 0 Å². The van der Waals surface area contributed by atoms with Gasteiger partial charge in [-0.1, -0.05) is 41.9 Å². The number of nitrogens with one attached hydrogen (secondary N) is 1. The first-order valence-corrected chi connectivity index (χ1v) is 11.9. The lowest BCUT2D eigenvalue weighted by molar-refractivity contribution is -0.121. The molecule has 1 aromatic heterocycles. The van der Waals surface area contributed by atoms with Crippen molar-refractivity contribution in [2.45, 2.75) is 19.5 Å². The molecule has 6 nitrogen and oxygen atoms in total. The summed E-state index contributed by atoms with van der Waals surface area (Å²) in [6, 6.07) is 15.2. The molecule has 32 heavy (non-hydrogen) atoms. The van der Waals surface area contributed by atoms with E-state index in [1.807, 2.05) is 25.1 Å². The number of methoxy groups -OCH3 is 1. The largest absolute Gasteiger partial charge is 0.495 e. The highest BCUT2D eigenvalue weighted by molar-refractivity contribution is 7.13. The molecule has 2 heterocycles. The number of rotatable bonds is 7. The van der Waals surface area contributed by atoms with Crippen LogP contribution in [0.1, 0.15) is 12.6 Å². The maximum Gasteiger partial charge on any atom is 0.241 e. The molecule has 1 fully saturated rings. The van der Waals surface area contributed by atoms with Crippen LogP contribution < -0.4 is 10.1 Å². The first kappa shape index (κ1) is 22.7. The van der Waals surface area contributed by atoms with Crippen LogP contribution in [0.3, 0.4) is 0 Å². The number of piperazine rings is 1. The summed E-state index contributed by atoms with van der Waals surface area (Å²) >= 11 is 7.76. The average molecular weight is 471 g/mol. The Morgan fingerprint density at radius 1 is 1.19 bits per heavy atom. The predicted octanol–water partition coefficient (Wildman–Crippen LogP) is 4.62. The van der Waals surface area contributed by atoms with Crippen LogP contribution >= 0.6 is 22.9 Å². The highest BCUT2D eigenvalue weighted by Gasteiger charge is 2.26. The van der Waals surface area contributed by atoms with Gasteiger partial charge in [0.25, 0.3) is 0 Å². The molecule has 3 aromatic rings. The monoisotopic (exact) mass is 470 g/mol. The van der Waals surface area contributed by atoms with E-state index in [0.29, 0.717) is 16.5 Å². The van der Waals surface area contributed by atoms with Gasteiger partial charge in [-0.05, 0) is 25.1 Å². The second-order valence-electron chi connectivity index (χ2n) is 7.83. The van der Waals surface area contributed by atoms with Crippen LogP contribution in [0.15, 0.2) is 53.9 Å². The first-order valence-electron chi connectivity index (χ1n) is 10.6. The smallest absolute Gasteiger partial charge is 0.241 e. The summed E-state index contributed by atoms with van der Waals surface area (Å²) in [4.78, 5) is 22.2. The predicted molar refractivity (Wildman–Crippen MR) is 130 cm³/mol. The Bertz CT molecular complexity index is 1050. The molecule has 0 radical (unpaired) electrons. The number of ether oxygens (including phenoxy) is 1. The van der Waals surface area contributed by atoms with Crippen molar-refractivity contribution in [3.63, 3.8) is 0 Å². The van der Waals surface area contributed by atoms with Gasteiger partial charge in [0, 0.05) is 48.7 Å². The van der Waals surface area contributed by atoms with Crippen molar-refractivity contribution in [1.29, 1.82) is 0 Å². The maximum atomic E-state index is 12.8. The fourth-order valence-corrected chi connectivity index (χ4v) is 4.80. The molecular formula is C24H27ClN4O2S. The Kier molecular flexibility index (Phi) is 7.42. The van der Waals surface area contributed by atoms with Gasteiger partial charge in [-0.25, -0.2) is 4.98 Å². The van der Waals surface area contributed by atoms with Gasteiger partial charge >= 0.3 is 0 Å². The molecule has 0 aliphatic carbocycles. The normalized spacial score (nSPS) is 16.0. The number of thiazole rings is 1. The van der Waals surface area contributed by atoms with Crippen LogP contribution in [0.2, 0.25) is 5.02 Å². The summed E-state index contributed by atoms with van der Waals surface area (Å²) < 4.78 is 5.33. The Morgan fingerprint density at radius 2 is 1.94 bits per heavy atom. The van der Waals surface area contributed by atoms with Gasteiger partial charge < -0.3 is 10.1 Å². The molecule has 1 aliphatic heterocycles. The van der Waals surface area contributed by atoms with Crippen LogP contribution in [0, 0.1) is 0 Å². The van der Waals surface area contributed by atoms with E-state index in [2.05, 4.69) is 32.6 Å². The van der Waals surface area contributed by atoms with E-state index in [4.69, 9.17) is 21.3 Å². The zero-order valence-electron chi connectivity index (χ0n) is 18.3. The zero-order valence-corrected chi connectivity index (χ0v) is 19.8. The van der Waals surface area contributed by atoms with Gasteiger partial charge in [-0.3, -0.25) is 14.6 Å². The molecule has 2 aromatic carbocycles. The molecule has 1 saturated heterocycles. The Labute approximate surface area is 197 Å². The Morgan fingerprint density at radius 3 is 2.66 bits per heavy atom. The third-order valence-electron chi connectivity index (χ3n) is 5.71. The minimum Gasteiger partial charge on any atom is -0.495 e. The van der Waals surface area contributed by atoms with E-state index in [1.165, 1.54) is 0 Å². The number of aromatic nitrogens is 1. The van der Waals surface area contributed by atoms with Crippen LogP contribution in [-0.2, 0) is 11.3 Å². The molecule has 0 bridgehead atoms. The number of hydrogen-bond donors (Lipinski definition) is 1. The molecule has 8 heteroatoms.